The average molecular weight is 689 g/mol. The van der Waals surface area contributed by atoms with Crippen LogP contribution in [0.4, 0.5) is 34.1 Å². The van der Waals surface area contributed by atoms with E-state index >= 15 is 0 Å². The van der Waals surface area contributed by atoms with Crippen molar-refractivity contribution in [1.29, 1.82) is 0 Å². The van der Waals surface area contributed by atoms with E-state index in [0.717, 1.165) is 62.1 Å². The second kappa shape index (κ2) is 16.2. The Hall–Kier alpha value is -6.58. The van der Waals surface area contributed by atoms with Gasteiger partial charge in [0, 0.05) is 34.1 Å². The van der Waals surface area contributed by atoms with Gasteiger partial charge in [0.15, 0.2) is 0 Å². The van der Waals surface area contributed by atoms with E-state index in [4.69, 9.17) is 4.74 Å². The van der Waals surface area contributed by atoms with Gasteiger partial charge in [0.05, 0.1) is 7.11 Å². The first-order valence-corrected chi connectivity index (χ1v) is 18.0. The minimum atomic E-state index is 0.839. The summed E-state index contributed by atoms with van der Waals surface area (Å²) in [5, 5.41) is 0. The lowest BCUT2D eigenvalue weighted by Gasteiger charge is -2.26. The van der Waals surface area contributed by atoms with Crippen molar-refractivity contribution in [3.8, 4) is 5.75 Å². The topological polar surface area (TPSA) is 15.7 Å². The number of methoxy groups -OCH3 is 1. The molecule has 53 heavy (non-hydrogen) atoms. The summed E-state index contributed by atoms with van der Waals surface area (Å²) < 4.78 is 5.41. The molecule has 3 nitrogen and oxygen atoms in total. The predicted octanol–water partition coefficient (Wildman–Crippen LogP) is 13.9. The van der Waals surface area contributed by atoms with Gasteiger partial charge in [-0.1, -0.05) is 120 Å². The van der Waals surface area contributed by atoms with Crippen LogP contribution in [0.2, 0.25) is 0 Å². The number of aryl methyl sites for hydroxylation is 3. The quantitative estimate of drug-likeness (QED) is 0.126. The average Bonchev–Trinajstić information content (AvgIpc) is 3.20. The van der Waals surface area contributed by atoms with Gasteiger partial charge in [-0.3, -0.25) is 0 Å². The first-order chi connectivity index (χ1) is 25.9. The van der Waals surface area contributed by atoms with E-state index in [2.05, 4.69) is 213 Å². The van der Waals surface area contributed by atoms with Crippen molar-refractivity contribution >= 4 is 58.4 Å². The second-order valence-corrected chi connectivity index (χ2v) is 13.4. The zero-order valence-corrected chi connectivity index (χ0v) is 30.8. The summed E-state index contributed by atoms with van der Waals surface area (Å²) in [5.74, 6) is 0.839. The molecule has 0 radical (unpaired) electrons. The van der Waals surface area contributed by atoms with E-state index in [1.165, 1.54) is 16.7 Å². The molecule has 7 aromatic rings. The molecule has 0 saturated carbocycles. The number of rotatable bonds is 11. The highest BCUT2D eigenvalue weighted by Gasteiger charge is 2.14. The van der Waals surface area contributed by atoms with Crippen LogP contribution in [-0.2, 0) is 0 Å². The van der Waals surface area contributed by atoms with Crippen LogP contribution in [0.25, 0.3) is 24.3 Å². The molecule has 0 amide bonds. The van der Waals surface area contributed by atoms with E-state index in [1.54, 1.807) is 7.11 Å². The van der Waals surface area contributed by atoms with Gasteiger partial charge < -0.3 is 14.5 Å². The summed E-state index contributed by atoms with van der Waals surface area (Å²) in [4.78, 5) is 4.57. The lowest BCUT2D eigenvalue weighted by atomic mass is 10.1. The van der Waals surface area contributed by atoms with Crippen LogP contribution < -0.4 is 14.5 Å². The zero-order chi connectivity index (χ0) is 36.6. The van der Waals surface area contributed by atoms with Gasteiger partial charge in [0.1, 0.15) is 5.75 Å². The van der Waals surface area contributed by atoms with Gasteiger partial charge in [-0.05, 0) is 134 Å². The van der Waals surface area contributed by atoms with Crippen molar-refractivity contribution in [2.24, 2.45) is 0 Å². The lowest BCUT2D eigenvalue weighted by molar-refractivity contribution is 0.415. The largest absolute Gasteiger partial charge is 0.497 e. The molecule has 0 aliphatic rings. The summed E-state index contributed by atoms with van der Waals surface area (Å²) in [6.07, 6.45) is 8.70. The molecule has 0 N–H and O–H groups in total. The van der Waals surface area contributed by atoms with Gasteiger partial charge in [0.2, 0.25) is 0 Å². The van der Waals surface area contributed by atoms with Gasteiger partial charge in [0.25, 0.3) is 0 Å². The Balaban J connectivity index is 1.05. The molecular formula is C50H44N2O. The van der Waals surface area contributed by atoms with Gasteiger partial charge in [-0.25, -0.2) is 0 Å². The summed E-state index contributed by atoms with van der Waals surface area (Å²) in [7, 11) is 1.69. The van der Waals surface area contributed by atoms with Crippen molar-refractivity contribution in [1.82, 2.24) is 0 Å². The molecule has 0 aliphatic carbocycles. The highest BCUT2D eigenvalue weighted by molar-refractivity contribution is 5.80. The molecular weight excluding hydrogens is 645 g/mol. The van der Waals surface area contributed by atoms with Crippen LogP contribution in [0.1, 0.15) is 38.9 Å². The monoisotopic (exact) mass is 688 g/mol. The molecule has 0 fully saturated rings. The van der Waals surface area contributed by atoms with Crippen LogP contribution in [0.5, 0.6) is 5.75 Å². The standard InChI is InChI=1S/C50H44N2O/c1-37-8-22-44(23-9-37)51(45-24-10-38(2)11-25-45)47-28-18-40(19-29-47)14-16-42-6-5-7-43(36-42)17-15-41-20-30-48(31-21-41)52(46-26-12-39(3)13-27-46)49-32-34-50(53-4)35-33-49/h5-36H,1-4H3. The van der Waals surface area contributed by atoms with Gasteiger partial charge in [-0.15, -0.1) is 0 Å². The fourth-order valence-electron chi connectivity index (χ4n) is 6.33. The van der Waals surface area contributed by atoms with Gasteiger partial charge in [-0.2, -0.15) is 0 Å². The maximum Gasteiger partial charge on any atom is 0.119 e. The van der Waals surface area contributed by atoms with E-state index in [0.29, 0.717) is 0 Å². The SMILES string of the molecule is COc1ccc(N(c2ccc(C)cc2)c2ccc(C=Cc3cccc(C=Cc4ccc(N(c5ccc(C)cc5)c5ccc(C)cc5)cc4)c3)cc2)cc1. The first kappa shape index (κ1) is 34.9. The Morgan fingerprint density at radius 2 is 0.623 bits per heavy atom. The van der Waals surface area contributed by atoms with E-state index in [9.17, 15) is 0 Å². The molecule has 0 unspecified atom stereocenters. The van der Waals surface area contributed by atoms with Crippen molar-refractivity contribution in [2.45, 2.75) is 20.8 Å². The molecule has 0 bridgehead atoms. The minimum Gasteiger partial charge on any atom is -0.497 e. The molecule has 7 rings (SSSR count). The van der Waals surface area contributed by atoms with E-state index in [1.807, 2.05) is 12.1 Å². The Kier molecular flexibility index (Phi) is 10.6. The second-order valence-electron chi connectivity index (χ2n) is 13.4. The van der Waals surface area contributed by atoms with Gasteiger partial charge >= 0.3 is 0 Å². The molecule has 0 aliphatic heterocycles. The van der Waals surface area contributed by atoms with Crippen LogP contribution in [-0.4, -0.2) is 7.11 Å². The summed E-state index contributed by atoms with van der Waals surface area (Å²) in [6, 6.07) is 60.3. The highest BCUT2D eigenvalue weighted by atomic mass is 16.5. The molecule has 0 aromatic heterocycles. The van der Waals surface area contributed by atoms with Crippen molar-refractivity contribution in [3.05, 3.63) is 209 Å². The van der Waals surface area contributed by atoms with E-state index in [-0.39, 0.29) is 0 Å². The number of benzene rings is 7. The van der Waals surface area contributed by atoms with Crippen molar-refractivity contribution in [3.63, 3.8) is 0 Å². The predicted molar refractivity (Wildman–Crippen MR) is 227 cm³/mol. The normalized spacial score (nSPS) is 11.2. The molecule has 0 atom stereocenters. The Morgan fingerprint density at radius 1 is 0.340 bits per heavy atom. The summed E-state index contributed by atoms with van der Waals surface area (Å²) in [6.45, 7) is 6.36. The smallest absolute Gasteiger partial charge is 0.119 e. The number of hydrogen-bond acceptors (Lipinski definition) is 3. The molecule has 0 saturated heterocycles. The molecule has 7 aromatic carbocycles. The molecule has 0 spiro atoms. The maximum atomic E-state index is 5.41. The highest BCUT2D eigenvalue weighted by Crippen LogP contribution is 2.37. The first-order valence-electron chi connectivity index (χ1n) is 18.0. The lowest BCUT2D eigenvalue weighted by Crippen LogP contribution is -2.09. The summed E-state index contributed by atoms with van der Waals surface area (Å²) >= 11 is 0. The minimum absolute atomic E-state index is 0.839. The van der Waals surface area contributed by atoms with Crippen molar-refractivity contribution in [2.75, 3.05) is 16.9 Å². The zero-order valence-electron chi connectivity index (χ0n) is 30.8. The fraction of sp³-hybridized carbons (Fsp3) is 0.0800. The van der Waals surface area contributed by atoms with Crippen molar-refractivity contribution < 1.29 is 4.74 Å². The van der Waals surface area contributed by atoms with Crippen LogP contribution in [0, 0.1) is 20.8 Å². The third-order valence-electron chi connectivity index (χ3n) is 9.36. The summed E-state index contributed by atoms with van der Waals surface area (Å²) in [5.41, 5.74) is 15.0. The van der Waals surface area contributed by atoms with Crippen LogP contribution >= 0.6 is 0 Å². The number of nitrogens with zero attached hydrogens (tertiary/aromatic N) is 2. The molecule has 260 valence electrons. The molecule has 0 heterocycles. The Labute approximate surface area is 314 Å². The third-order valence-corrected chi connectivity index (χ3v) is 9.36. The number of anilines is 6. The van der Waals surface area contributed by atoms with Crippen LogP contribution in [0.3, 0.4) is 0 Å². The molecule has 3 heteroatoms. The van der Waals surface area contributed by atoms with E-state index < -0.39 is 0 Å². The fourth-order valence-corrected chi connectivity index (χ4v) is 6.33. The number of hydrogen-bond donors (Lipinski definition) is 0. The van der Waals surface area contributed by atoms with Crippen LogP contribution in [0.15, 0.2) is 170 Å². The third kappa shape index (κ3) is 8.66. The number of ether oxygens (including phenoxy) is 1. The maximum absolute atomic E-state index is 5.41. The Morgan fingerprint density at radius 3 is 0.943 bits per heavy atom. The Bertz CT molecular complexity index is 2260.